The van der Waals surface area contributed by atoms with Crippen LogP contribution in [0, 0.1) is 0 Å². The number of nitrogens with one attached hydrogen (secondary N) is 2. The molecule has 1 aromatic heterocycles. The lowest BCUT2D eigenvalue weighted by Crippen LogP contribution is -2.36. The minimum atomic E-state index is -0.461. The molecule has 7 nitrogen and oxygen atoms in total. The minimum absolute atomic E-state index is 0.461. The Hall–Kier alpha value is -3.68. The van der Waals surface area contributed by atoms with Crippen molar-refractivity contribution >= 4 is 29.6 Å². The van der Waals surface area contributed by atoms with Gasteiger partial charge in [-0.25, -0.2) is 4.98 Å². The summed E-state index contributed by atoms with van der Waals surface area (Å²) < 4.78 is 5.45. The Morgan fingerprint density at radius 2 is 1.97 bits per heavy atom. The predicted octanol–water partition coefficient (Wildman–Crippen LogP) is 3.60. The van der Waals surface area contributed by atoms with E-state index in [-0.39, 0.29) is 0 Å². The first-order valence-electron chi connectivity index (χ1n) is 11.2. The van der Waals surface area contributed by atoms with Crippen LogP contribution < -0.4 is 21.3 Å². The summed E-state index contributed by atoms with van der Waals surface area (Å²) in [6.07, 6.45) is 4.69. The van der Waals surface area contributed by atoms with Gasteiger partial charge < -0.3 is 30.8 Å². The SMILES string of the molecule is NCc1cccc(-c2cc3c(c(Nc4ccc(N5CCOCC5)cc4)n2)C(C=O)NC=C3)c1. The number of aldehydes is 1. The molecular formula is C26H27N5O2. The molecule has 1 atom stereocenters. The molecule has 168 valence electrons. The van der Waals surface area contributed by atoms with Gasteiger partial charge in [0.15, 0.2) is 0 Å². The van der Waals surface area contributed by atoms with E-state index in [1.807, 2.05) is 48.7 Å². The van der Waals surface area contributed by atoms with Crippen LogP contribution in [-0.4, -0.2) is 37.6 Å². The molecule has 33 heavy (non-hydrogen) atoms. The van der Waals surface area contributed by atoms with Gasteiger partial charge in [0.1, 0.15) is 18.1 Å². The highest BCUT2D eigenvalue weighted by molar-refractivity contribution is 5.80. The molecule has 1 fully saturated rings. The Labute approximate surface area is 193 Å². The molecule has 0 saturated carbocycles. The van der Waals surface area contributed by atoms with Gasteiger partial charge in [0.2, 0.25) is 0 Å². The van der Waals surface area contributed by atoms with E-state index in [1.54, 1.807) is 0 Å². The van der Waals surface area contributed by atoms with Crippen LogP contribution in [0.15, 0.2) is 60.8 Å². The van der Waals surface area contributed by atoms with Gasteiger partial charge in [0.05, 0.1) is 18.9 Å². The molecule has 2 aromatic carbocycles. The fourth-order valence-corrected chi connectivity index (χ4v) is 4.29. The van der Waals surface area contributed by atoms with E-state index >= 15 is 0 Å². The first-order valence-corrected chi connectivity index (χ1v) is 11.2. The monoisotopic (exact) mass is 441 g/mol. The molecule has 0 aliphatic carbocycles. The Kier molecular flexibility index (Phi) is 6.06. The standard InChI is InChI=1S/C26H27N5O2/c27-16-18-2-1-3-19(14-18)23-15-20-8-9-28-24(17-32)25(20)26(30-23)29-21-4-6-22(7-5-21)31-10-12-33-13-11-31/h1-9,14-15,17,24,28H,10-13,16,27H2,(H,29,30). The van der Waals surface area contributed by atoms with E-state index in [0.29, 0.717) is 12.4 Å². The number of carbonyl (C=O) groups is 1. The number of hydrogen-bond acceptors (Lipinski definition) is 7. The summed E-state index contributed by atoms with van der Waals surface area (Å²) in [7, 11) is 0. The van der Waals surface area contributed by atoms with Gasteiger partial charge in [-0.05, 0) is 59.8 Å². The molecule has 3 aromatic rings. The van der Waals surface area contributed by atoms with Crippen LogP contribution in [0.25, 0.3) is 17.3 Å². The molecule has 0 radical (unpaired) electrons. The molecule has 1 unspecified atom stereocenters. The molecule has 0 spiro atoms. The number of fused-ring (bicyclic) bond motifs is 1. The molecule has 0 bridgehead atoms. The summed E-state index contributed by atoms with van der Waals surface area (Å²) in [5.41, 5.74) is 12.6. The van der Waals surface area contributed by atoms with Crippen LogP contribution in [0.3, 0.4) is 0 Å². The summed E-state index contributed by atoms with van der Waals surface area (Å²) in [5.74, 6) is 0.661. The number of carbonyl (C=O) groups excluding carboxylic acids is 1. The Bertz CT molecular complexity index is 1170. The van der Waals surface area contributed by atoms with Crippen LogP contribution in [0.5, 0.6) is 0 Å². The molecule has 0 amide bonds. The predicted molar refractivity (Wildman–Crippen MR) is 131 cm³/mol. The fraction of sp³-hybridized carbons (Fsp3) is 0.231. The van der Waals surface area contributed by atoms with Crippen molar-refractivity contribution < 1.29 is 9.53 Å². The lowest BCUT2D eigenvalue weighted by molar-refractivity contribution is -0.109. The number of benzene rings is 2. The number of aromatic nitrogens is 1. The van der Waals surface area contributed by atoms with Crippen LogP contribution in [0.4, 0.5) is 17.2 Å². The number of ether oxygens (including phenoxy) is 1. The zero-order valence-corrected chi connectivity index (χ0v) is 18.3. The first-order chi connectivity index (χ1) is 16.2. The van der Waals surface area contributed by atoms with Crippen LogP contribution in [0.2, 0.25) is 0 Å². The highest BCUT2D eigenvalue weighted by atomic mass is 16.5. The maximum absolute atomic E-state index is 11.8. The van der Waals surface area contributed by atoms with Gasteiger partial charge >= 0.3 is 0 Å². The van der Waals surface area contributed by atoms with Gasteiger partial charge in [-0.2, -0.15) is 0 Å². The molecular weight excluding hydrogens is 414 g/mol. The third-order valence-electron chi connectivity index (χ3n) is 6.04. The van der Waals surface area contributed by atoms with Crippen molar-refractivity contribution in [2.45, 2.75) is 12.6 Å². The lowest BCUT2D eigenvalue weighted by Gasteiger charge is -2.29. The summed E-state index contributed by atoms with van der Waals surface area (Å²) in [6.45, 7) is 3.76. The third kappa shape index (κ3) is 4.46. The summed E-state index contributed by atoms with van der Waals surface area (Å²) in [6, 6.07) is 17.9. The molecule has 2 aliphatic heterocycles. The van der Waals surface area contributed by atoms with Gasteiger partial charge in [-0.1, -0.05) is 18.2 Å². The van der Waals surface area contributed by atoms with Crippen LogP contribution in [0.1, 0.15) is 22.7 Å². The summed E-state index contributed by atoms with van der Waals surface area (Å²) in [5, 5.41) is 6.57. The first kappa shape index (κ1) is 21.2. The van der Waals surface area contributed by atoms with Crippen molar-refractivity contribution in [3.63, 3.8) is 0 Å². The number of anilines is 3. The summed E-state index contributed by atoms with van der Waals surface area (Å²) in [4.78, 5) is 19.0. The Balaban J connectivity index is 1.51. The Morgan fingerprint density at radius 3 is 2.73 bits per heavy atom. The quantitative estimate of drug-likeness (QED) is 0.503. The second kappa shape index (κ2) is 9.44. The minimum Gasteiger partial charge on any atom is -0.378 e. The van der Waals surface area contributed by atoms with E-state index in [2.05, 4.69) is 33.7 Å². The van der Waals surface area contributed by atoms with Crippen molar-refractivity contribution in [1.29, 1.82) is 0 Å². The molecule has 1 saturated heterocycles. The van der Waals surface area contributed by atoms with Crippen LogP contribution in [-0.2, 0) is 16.1 Å². The molecule has 5 rings (SSSR count). The number of morpholine rings is 1. The average molecular weight is 442 g/mol. The fourth-order valence-electron chi connectivity index (χ4n) is 4.29. The average Bonchev–Trinajstić information content (AvgIpc) is 2.89. The van der Waals surface area contributed by atoms with E-state index in [0.717, 1.165) is 66.2 Å². The lowest BCUT2D eigenvalue weighted by atomic mass is 9.96. The molecule has 2 aliphatic rings. The zero-order valence-electron chi connectivity index (χ0n) is 18.3. The second-order valence-corrected chi connectivity index (χ2v) is 8.15. The maximum atomic E-state index is 11.8. The van der Waals surface area contributed by atoms with Gasteiger partial charge in [-0.15, -0.1) is 0 Å². The number of pyridine rings is 1. The molecule has 7 heteroatoms. The number of nitrogens with two attached hydrogens (primary N) is 1. The van der Waals surface area contributed by atoms with Crippen molar-refractivity contribution in [2.75, 3.05) is 36.5 Å². The van der Waals surface area contributed by atoms with Crippen LogP contribution >= 0.6 is 0 Å². The molecule has 4 N–H and O–H groups in total. The topological polar surface area (TPSA) is 92.5 Å². The van der Waals surface area contributed by atoms with Gasteiger partial charge in [-0.3, -0.25) is 0 Å². The van der Waals surface area contributed by atoms with Gasteiger partial charge in [0, 0.05) is 42.1 Å². The van der Waals surface area contributed by atoms with Gasteiger partial charge in [0.25, 0.3) is 0 Å². The van der Waals surface area contributed by atoms with Crippen molar-refractivity contribution in [2.24, 2.45) is 5.73 Å². The second-order valence-electron chi connectivity index (χ2n) is 8.15. The number of nitrogens with zero attached hydrogens (tertiary/aromatic N) is 2. The molecule has 3 heterocycles. The number of hydrogen-bond donors (Lipinski definition) is 3. The normalized spacial score (nSPS) is 17.2. The Morgan fingerprint density at radius 1 is 1.15 bits per heavy atom. The van der Waals surface area contributed by atoms with E-state index in [9.17, 15) is 4.79 Å². The van der Waals surface area contributed by atoms with E-state index < -0.39 is 6.04 Å². The maximum Gasteiger partial charge on any atom is 0.146 e. The zero-order chi connectivity index (χ0) is 22.6. The van der Waals surface area contributed by atoms with Crippen molar-refractivity contribution in [1.82, 2.24) is 10.3 Å². The summed E-state index contributed by atoms with van der Waals surface area (Å²) >= 11 is 0. The van der Waals surface area contributed by atoms with Crippen molar-refractivity contribution in [3.05, 3.63) is 77.5 Å². The smallest absolute Gasteiger partial charge is 0.146 e. The van der Waals surface area contributed by atoms with Crippen molar-refractivity contribution in [3.8, 4) is 11.3 Å². The van der Waals surface area contributed by atoms with E-state index in [1.165, 1.54) is 5.69 Å². The third-order valence-corrected chi connectivity index (χ3v) is 6.04. The largest absolute Gasteiger partial charge is 0.378 e. The van der Waals surface area contributed by atoms with E-state index in [4.69, 9.17) is 15.5 Å². The number of rotatable bonds is 6. The highest BCUT2D eigenvalue weighted by Gasteiger charge is 2.23. The highest BCUT2D eigenvalue weighted by Crippen LogP contribution is 2.34.